The van der Waals surface area contributed by atoms with Gasteiger partial charge in [0, 0.05) is 19.0 Å². The van der Waals surface area contributed by atoms with Crippen LogP contribution in [0.15, 0.2) is 0 Å². The molecule has 3 unspecified atom stereocenters. The second-order valence-electron chi connectivity index (χ2n) is 6.18. The van der Waals surface area contributed by atoms with Gasteiger partial charge in [0.05, 0.1) is 6.04 Å². The summed E-state index contributed by atoms with van der Waals surface area (Å²) in [5, 5.41) is 12.6. The predicted molar refractivity (Wildman–Crippen MR) is 75.9 cm³/mol. The quantitative estimate of drug-likeness (QED) is 0.907. The fourth-order valence-corrected chi connectivity index (χ4v) is 3.80. The number of nitrogens with one attached hydrogen (secondary N) is 1. The highest BCUT2D eigenvalue weighted by molar-refractivity contribution is 5.04. The SMILES string of the molecule is CCC1CCCCC1NC(C)c1nnc2n1CCC2. The van der Waals surface area contributed by atoms with Crippen molar-refractivity contribution in [3.05, 3.63) is 11.6 Å². The van der Waals surface area contributed by atoms with Crippen molar-refractivity contribution in [3.8, 4) is 0 Å². The summed E-state index contributed by atoms with van der Waals surface area (Å²) in [5.41, 5.74) is 0. The third-order valence-electron chi connectivity index (χ3n) is 4.92. The molecular weight excluding hydrogens is 236 g/mol. The summed E-state index contributed by atoms with van der Waals surface area (Å²) in [7, 11) is 0. The average molecular weight is 262 g/mol. The van der Waals surface area contributed by atoms with Crippen molar-refractivity contribution in [3.63, 3.8) is 0 Å². The molecule has 2 aliphatic rings. The van der Waals surface area contributed by atoms with Crippen LogP contribution in [0.4, 0.5) is 0 Å². The molecule has 19 heavy (non-hydrogen) atoms. The van der Waals surface area contributed by atoms with Crippen LogP contribution in [0.1, 0.15) is 70.1 Å². The lowest BCUT2D eigenvalue weighted by Gasteiger charge is -2.33. The van der Waals surface area contributed by atoms with Gasteiger partial charge >= 0.3 is 0 Å². The van der Waals surface area contributed by atoms with Crippen molar-refractivity contribution < 1.29 is 0 Å². The van der Waals surface area contributed by atoms with E-state index in [2.05, 4.69) is 33.9 Å². The predicted octanol–water partition coefficient (Wildman–Crippen LogP) is 2.84. The Morgan fingerprint density at radius 2 is 2.11 bits per heavy atom. The molecule has 1 fully saturated rings. The second kappa shape index (κ2) is 5.61. The Morgan fingerprint density at radius 3 is 2.95 bits per heavy atom. The summed E-state index contributed by atoms with van der Waals surface area (Å²) in [6, 6.07) is 1.000. The first-order chi connectivity index (χ1) is 9.29. The normalized spacial score (nSPS) is 28.3. The zero-order chi connectivity index (χ0) is 13.2. The number of nitrogens with zero attached hydrogens (tertiary/aromatic N) is 3. The summed E-state index contributed by atoms with van der Waals surface area (Å²) in [4.78, 5) is 0. The molecule has 1 N–H and O–H groups in total. The van der Waals surface area contributed by atoms with Crippen LogP contribution >= 0.6 is 0 Å². The van der Waals surface area contributed by atoms with Crippen molar-refractivity contribution in [2.75, 3.05) is 0 Å². The van der Waals surface area contributed by atoms with Crippen LogP contribution in [0.2, 0.25) is 0 Å². The van der Waals surface area contributed by atoms with E-state index in [1.807, 2.05) is 0 Å². The van der Waals surface area contributed by atoms with Crippen LogP contribution in [0.5, 0.6) is 0 Å². The molecule has 1 aromatic heterocycles. The Kier molecular flexibility index (Phi) is 3.87. The van der Waals surface area contributed by atoms with Crippen LogP contribution in [0.25, 0.3) is 0 Å². The Labute approximate surface area is 116 Å². The molecule has 3 atom stereocenters. The van der Waals surface area contributed by atoms with E-state index in [-0.39, 0.29) is 0 Å². The molecule has 0 spiro atoms. The highest BCUT2D eigenvalue weighted by Gasteiger charge is 2.27. The van der Waals surface area contributed by atoms with Gasteiger partial charge in [-0.1, -0.05) is 26.2 Å². The Balaban J connectivity index is 1.68. The molecule has 1 aliphatic carbocycles. The van der Waals surface area contributed by atoms with Gasteiger partial charge in [0.15, 0.2) is 0 Å². The largest absolute Gasteiger partial charge is 0.314 e. The zero-order valence-corrected chi connectivity index (χ0v) is 12.2. The fraction of sp³-hybridized carbons (Fsp3) is 0.867. The monoisotopic (exact) mass is 262 g/mol. The molecule has 0 bridgehead atoms. The van der Waals surface area contributed by atoms with Crippen LogP contribution in [-0.2, 0) is 13.0 Å². The number of hydrogen-bond donors (Lipinski definition) is 1. The Morgan fingerprint density at radius 1 is 1.26 bits per heavy atom. The van der Waals surface area contributed by atoms with Crippen LogP contribution < -0.4 is 5.32 Å². The lowest BCUT2D eigenvalue weighted by molar-refractivity contribution is 0.237. The molecule has 1 aromatic rings. The molecule has 0 aromatic carbocycles. The van der Waals surface area contributed by atoms with E-state index in [0.29, 0.717) is 12.1 Å². The van der Waals surface area contributed by atoms with E-state index in [1.165, 1.54) is 44.3 Å². The summed E-state index contributed by atoms with van der Waals surface area (Å²) in [5.74, 6) is 3.17. The summed E-state index contributed by atoms with van der Waals surface area (Å²) >= 11 is 0. The van der Waals surface area contributed by atoms with Gasteiger partial charge in [0.2, 0.25) is 0 Å². The second-order valence-corrected chi connectivity index (χ2v) is 6.18. The molecular formula is C15H26N4. The van der Waals surface area contributed by atoms with Crippen molar-refractivity contribution in [2.45, 2.75) is 77.4 Å². The van der Waals surface area contributed by atoms with E-state index in [0.717, 1.165) is 24.7 Å². The number of hydrogen-bond acceptors (Lipinski definition) is 3. The Bertz CT molecular complexity index is 426. The molecule has 2 heterocycles. The third kappa shape index (κ3) is 2.55. The van der Waals surface area contributed by atoms with Gasteiger partial charge in [-0.3, -0.25) is 0 Å². The van der Waals surface area contributed by atoms with E-state index in [1.54, 1.807) is 0 Å². The van der Waals surface area contributed by atoms with Gasteiger partial charge in [-0.15, -0.1) is 10.2 Å². The van der Waals surface area contributed by atoms with Gasteiger partial charge in [-0.05, 0) is 32.1 Å². The molecule has 3 rings (SSSR count). The number of fused-ring (bicyclic) bond motifs is 1. The molecule has 0 saturated heterocycles. The molecule has 4 nitrogen and oxygen atoms in total. The minimum Gasteiger partial charge on any atom is -0.314 e. The summed E-state index contributed by atoms with van der Waals surface area (Å²) < 4.78 is 2.32. The minimum atomic E-state index is 0.330. The van der Waals surface area contributed by atoms with Crippen molar-refractivity contribution in [2.24, 2.45) is 5.92 Å². The first-order valence-corrected chi connectivity index (χ1v) is 7.97. The van der Waals surface area contributed by atoms with Gasteiger partial charge in [-0.2, -0.15) is 0 Å². The molecule has 0 amide bonds. The lowest BCUT2D eigenvalue weighted by Crippen LogP contribution is -2.40. The smallest absolute Gasteiger partial charge is 0.149 e. The number of aromatic nitrogens is 3. The molecule has 0 radical (unpaired) electrons. The topological polar surface area (TPSA) is 42.7 Å². The van der Waals surface area contributed by atoms with Gasteiger partial charge < -0.3 is 9.88 Å². The number of rotatable bonds is 4. The molecule has 106 valence electrons. The van der Waals surface area contributed by atoms with Crippen LogP contribution in [0, 0.1) is 5.92 Å². The third-order valence-corrected chi connectivity index (χ3v) is 4.92. The highest BCUT2D eigenvalue weighted by Crippen LogP contribution is 2.29. The first-order valence-electron chi connectivity index (χ1n) is 7.97. The van der Waals surface area contributed by atoms with Gasteiger partial charge in [-0.25, -0.2) is 0 Å². The first kappa shape index (κ1) is 13.1. The zero-order valence-electron chi connectivity index (χ0n) is 12.2. The fourth-order valence-electron chi connectivity index (χ4n) is 3.80. The maximum Gasteiger partial charge on any atom is 0.149 e. The van der Waals surface area contributed by atoms with Gasteiger partial charge in [0.25, 0.3) is 0 Å². The van der Waals surface area contributed by atoms with Gasteiger partial charge in [0.1, 0.15) is 11.6 Å². The van der Waals surface area contributed by atoms with Crippen molar-refractivity contribution >= 4 is 0 Å². The van der Waals surface area contributed by atoms with Crippen LogP contribution in [0.3, 0.4) is 0 Å². The minimum absolute atomic E-state index is 0.330. The maximum atomic E-state index is 4.40. The van der Waals surface area contributed by atoms with Crippen molar-refractivity contribution in [1.82, 2.24) is 20.1 Å². The van der Waals surface area contributed by atoms with Crippen LogP contribution in [-0.4, -0.2) is 20.8 Å². The average Bonchev–Trinajstić information content (AvgIpc) is 3.01. The van der Waals surface area contributed by atoms with E-state index in [9.17, 15) is 0 Å². The standard InChI is InChI=1S/C15H26N4/c1-3-12-7-4-5-8-13(12)16-11(2)15-18-17-14-9-6-10-19(14)15/h11-13,16H,3-10H2,1-2H3. The highest BCUT2D eigenvalue weighted by atomic mass is 15.3. The van der Waals surface area contributed by atoms with E-state index < -0.39 is 0 Å². The molecule has 4 heteroatoms. The van der Waals surface area contributed by atoms with Crippen molar-refractivity contribution in [1.29, 1.82) is 0 Å². The summed E-state index contributed by atoms with van der Waals surface area (Å²) in [6.07, 6.45) is 9.11. The number of aryl methyl sites for hydroxylation is 1. The van der Waals surface area contributed by atoms with E-state index >= 15 is 0 Å². The summed E-state index contributed by atoms with van der Waals surface area (Å²) in [6.45, 7) is 5.67. The van der Waals surface area contributed by atoms with E-state index in [4.69, 9.17) is 0 Å². The maximum absolute atomic E-state index is 4.40. The molecule has 1 saturated carbocycles. The molecule has 1 aliphatic heterocycles. The lowest BCUT2D eigenvalue weighted by atomic mass is 9.82. The Hall–Kier alpha value is -0.900.